The molecule has 0 saturated heterocycles. The first kappa shape index (κ1) is 18.6. The minimum atomic E-state index is -0.395. The first-order valence-corrected chi connectivity index (χ1v) is 8.75. The van der Waals surface area contributed by atoms with Crippen molar-refractivity contribution in [2.24, 2.45) is 0 Å². The van der Waals surface area contributed by atoms with Crippen LogP contribution in [0.5, 0.6) is 5.75 Å². The Morgan fingerprint density at radius 2 is 1.91 bits per heavy atom. The van der Waals surface area contributed by atoms with E-state index in [1.165, 1.54) is 0 Å². The molecule has 0 aliphatic rings. The van der Waals surface area contributed by atoms with Crippen molar-refractivity contribution in [3.8, 4) is 5.75 Å². The maximum absolute atomic E-state index is 9.34. The van der Waals surface area contributed by atoms with E-state index in [-0.39, 0.29) is 0 Å². The summed E-state index contributed by atoms with van der Waals surface area (Å²) >= 11 is 15.8. The monoisotopic (exact) mass is 417 g/mol. The van der Waals surface area contributed by atoms with Crippen LogP contribution in [0.4, 0.5) is 0 Å². The van der Waals surface area contributed by atoms with Crippen molar-refractivity contribution in [3.63, 3.8) is 0 Å². The molecule has 0 unspecified atom stereocenters. The van der Waals surface area contributed by atoms with E-state index < -0.39 is 6.10 Å². The second-order valence-corrected chi connectivity index (χ2v) is 6.95. The van der Waals surface area contributed by atoms with Crippen LogP contribution >= 0.6 is 39.1 Å². The number of hydrogen-bond donors (Lipinski definition) is 2. The summed E-state index contributed by atoms with van der Waals surface area (Å²) < 4.78 is 6.87. The predicted octanol–water partition coefficient (Wildman–Crippen LogP) is 4.81. The van der Waals surface area contributed by atoms with Gasteiger partial charge < -0.3 is 15.2 Å². The van der Waals surface area contributed by atoms with Gasteiger partial charge in [0.05, 0.1) is 6.10 Å². The molecule has 23 heavy (non-hydrogen) atoms. The second kappa shape index (κ2) is 8.90. The molecule has 2 rings (SSSR count). The molecule has 0 aliphatic heterocycles. The van der Waals surface area contributed by atoms with Gasteiger partial charge >= 0.3 is 0 Å². The Balaban J connectivity index is 2.10. The van der Waals surface area contributed by atoms with Crippen LogP contribution in [0.1, 0.15) is 18.1 Å². The summed E-state index contributed by atoms with van der Waals surface area (Å²) in [6.07, 6.45) is -0.395. The van der Waals surface area contributed by atoms with Gasteiger partial charge in [-0.3, -0.25) is 0 Å². The zero-order valence-corrected chi connectivity index (χ0v) is 15.7. The van der Waals surface area contributed by atoms with Gasteiger partial charge in [-0.05, 0) is 37.3 Å². The van der Waals surface area contributed by atoms with Gasteiger partial charge in [-0.1, -0.05) is 45.2 Å². The first-order valence-electron chi connectivity index (χ1n) is 7.20. The number of halogens is 3. The zero-order valence-electron chi connectivity index (χ0n) is 12.7. The Morgan fingerprint density at radius 1 is 1.22 bits per heavy atom. The highest BCUT2D eigenvalue weighted by molar-refractivity contribution is 9.10. The van der Waals surface area contributed by atoms with Crippen molar-refractivity contribution >= 4 is 39.1 Å². The van der Waals surface area contributed by atoms with Crippen molar-refractivity contribution in [3.05, 3.63) is 62.0 Å². The molecule has 0 heterocycles. The van der Waals surface area contributed by atoms with Crippen LogP contribution in [0.25, 0.3) is 0 Å². The van der Waals surface area contributed by atoms with E-state index in [0.717, 1.165) is 21.3 Å². The number of rotatable bonds is 7. The number of aliphatic hydroxyl groups is 1. The summed E-state index contributed by atoms with van der Waals surface area (Å²) in [6.45, 7) is 3.15. The standard InChI is InChI=1S/C17H18BrCl2NO2/c1-11(22)8-21-9-12-7-13(18)5-6-17(12)23-10-14-15(19)3-2-4-16(14)20/h2-7,11,21-22H,8-10H2,1H3/t11-/m0/s1. The molecule has 2 N–H and O–H groups in total. The van der Waals surface area contributed by atoms with Crippen LogP contribution in [0.2, 0.25) is 10.0 Å². The predicted molar refractivity (Wildman–Crippen MR) is 98.3 cm³/mol. The van der Waals surface area contributed by atoms with Gasteiger partial charge in [0, 0.05) is 38.7 Å². The molecule has 0 amide bonds. The highest BCUT2D eigenvalue weighted by Crippen LogP contribution is 2.28. The molecular formula is C17H18BrCl2NO2. The van der Waals surface area contributed by atoms with Crippen LogP contribution in [0.3, 0.4) is 0 Å². The minimum absolute atomic E-state index is 0.295. The lowest BCUT2D eigenvalue weighted by molar-refractivity contribution is 0.190. The summed E-state index contributed by atoms with van der Waals surface area (Å²) in [6, 6.07) is 11.2. The third-order valence-corrected chi connectivity index (χ3v) is 4.41. The molecular weight excluding hydrogens is 401 g/mol. The molecule has 3 nitrogen and oxygen atoms in total. The summed E-state index contributed by atoms with van der Waals surface area (Å²) in [5.41, 5.74) is 1.75. The molecule has 0 fully saturated rings. The first-order chi connectivity index (χ1) is 11.0. The maximum Gasteiger partial charge on any atom is 0.124 e. The number of nitrogens with one attached hydrogen (secondary N) is 1. The van der Waals surface area contributed by atoms with Gasteiger partial charge in [0.1, 0.15) is 12.4 Å². The van der Waals surface area contributed by atoms with E-state index in [9.17, 15) is 5.11 Å². The number of aliphatic hydroxyl groups excluding tert-OH is 1. The van der Waals surface area contributed by atoms with E-state index in [1.807, 2.05) is 18.2 Å². The molecule has 0 bridgehead atoms. The van der Waals surface area contributed by atoms with Crippen LogP contribution in [0.15, 0.2) is 40.9 Å². The van der Waals surface area contributed by atoms with Crippen LogP contribution in [0, 0.1) is 0 Å². The Labute approximate surface area is 154 Å². The van der Waals surface area contributed by atoms with Gasteiger partial charge in [-0.2, -0.15) is 0 Å². The highest BCUT2D eigenvalue weighted by atomic mass is 79.9. The lowest BCUT2D eigenvalue weighted by atomic mass is 10.2. The number of benzene rings is 2. The Kier molecular flexibility index (Phi) is 7.18. The second-order valence-electron chi connectivity index (χ2n) is 5.22. The molecule has 6 heteroatoms. The van der Waals surface area contributed by atoms with Crippen molar-refractivity contribution in [1.82, 2.24) is 5.32 Å². The number of ether oxygens (including phenoxy) is 1. The fraction of sp³-hybridized carbons (Fsp3) is 0.294. The van der Waals surface area contributed by atoms with Gasteiger partial charge in [0.15, 0.2) is 0 Å². The summed E-state index contributed by atoms with van der Waals surface area (Å²) in [5, 5.41) is 13.7. The maximum atomic E-state index is 9.34. The van der Waals surface area contributed by atoms with Crippen LogP contribution in [-0.2, 0) is 13.2 Å². The topological polar surface area (TPSA) is 41.5 Å². The van der Waals surface area contributed by atoms with Crippen molar-refractivity contribution in [2.75, 3.05) is 6.54 Å². The Bertz CT molecular complexity index is 645. The van der Waals surface area contributed by atoms with Crippen LogP contribution in [-0.4, -0.2) is 17.8 Å². The van der Waals surface area contributed by atoms with E-state index in [1.54, 1.807) is 25.1 Å². The van der Waals surface area contributed by atoms with E-state index in [0.29, 0.717) is 29.7 Å². The summed E-state index contributed by atoms with van der Waals surface area (Å²) in [7, 11) is 0. The smallest absolute Gasteiger partial charge is 0.124 e. The van der Waals surface area contributed by atoms with Crippen molar-refractivity contribution in [1.29, 1.82) is 0 Å². The zero-order chi connectivity index (χ0) is 16.8. The van der Waals surface area contributed by atoms with Gasteiger partial charge in [-0.25, -0.2) is 0 Å². The largest absolute Gasteiger partial charge is 0.488 e. The highest BCUT2D eigenvalue weighted by Gasteiger charge is 2.09. The van der Waals surface area contributed by atoms with E-state index in [2.05, 4.69) is 21.2 Å². The normalized spacial score (nSPS) is 12.2. The minimum Gasteiger partial charge on any atom is -0.488 e. The van der Waals surface area contributed by atoms with E-state index >= 15 is 0 Å². The van der Waals surface area contributed by atoms with Gasteiger partial charge in [0.2, 0.25) is 0 Å². The molecule has 0 radical (unpaired) electrons. The number of hydrogen-bond acceptors (Lipinski definition) is 3. The van der Waals surface area contributed by atoms with Crippen molar-refractivity contribution in [2.45, 2.75) is 26.2 Å². The summed E-state index contributed by atoms with van der Waals surface area (Å²) in [4.78, 5) is 0. The molecule has 0 aliphatic carbocycles. The van der Waals surface area contributed by atoms with E-state index in [4.69, 9.17) is 27.9 Å². The van der Waals surface area contributed by atoms with Gasteiger partial charge in [0.25, 0.3) is 0 Å². The molecule has 0 spiro atoms. The third-order valence-electron chi connectivity index (χ3n) is 3.21. The van der Waals surface area contributed by atoms with Gasteiger partial charge in [-0.15, -0.1) is 0 Å². The molecule has 2 aromatic carbocycles. The lowest BCUT2D eigenvalue weighted by Crippen LogP contribution is -2.24. The molecule has 2 aromatic rings. The van der Waals surface area contributed by atoms with Crippen molar-refractivity contribution < 1.29 is 9.84 Å². The van der Waals surface area contributed by atoms with Crippen LogP contribution < -0.4 is 10.1 Å². The fourth-order valence-corrected chi connectivity index (χ4v) is 2.98. The molecule has 0 saturated carbocycles. The molecule has 1 atom stereocenters. The molecule has 0 aromatic heterocycles. The fourth-order valence-electron chi connectivity index (χ4n) is 2.06. The lowest BCUT2D eigenvalue weighted by Gasteiger charge is -2.14. The summed E-state index contributed by atoms with van der Waals surface area (Å²) in [5.74, 6) is 0.752. The average molecular weight is 419 g/mol. The third kappa shape index (κ3) is 5.66. The Hall–Kier alpha value is -0.780. The quantitative estimate of drug-likeness (QED) is 0.678. The molecule has 124 valence electrons. The average Bonchev–Trinajstić information content (AvgIpc) is 2.48. The Morgan fingerprint density at radius 3 is 2.57 bits per heavy atom. The SMILES string of the molecule is C[C@H](O)CNCc1cc(Br)ccc1OCc1c(Cl)cccc1Cl.